The van der Waals surface area contributed by atoms with Crippen molar-refractivity contribution in [1.29, 1.82) is 0 Å². The summed E-state index contributed by atoms with van der Waals surface area (Å²) in [4.78, 5) is 18.5. The van der Waals surface area contributed by atoms with Gasteiger partial charge in [-0.05, 0) is 19.9 Å². The number of carbonyl (C=O) groups excluding carboxylic acids is 1. The zero-order valence-corrected chi connectivity index (χ0v) is 12.4. The van der Waals surface area contributed by atoms with E-state index in [1.807, 2.05) is 18.7 Å². The summed E-state index contributed by atoms with van der Waals surface area (Å²) >= 11 is 0. The zero-order valence-electron chi connectivity index (χ0n) is 12.4. The molecular weight excluding hydrogens is 268 g/mol. The molecule has 0 aliphatic carbocycles. The SMILES string of the molecule is CC1CN(C(=O)c2cncc(C#CCCO)c2)C(C)CO1. The second kappa shape index (κ2) is 7.21. The van der Waals surface area contributed by atoms with Crippen molar-refractivity contribution in [3.63, 3.8) is 0 Å². The van der Waals surface area contributed by atoms with E-state index in [2.05, 4.69) is 16.8 Å². The summed E-state index contributed by atoms with van der Waals surface area (Å²) in [6.45, 7) is 5.10. The van der Waals surface area contributed by atoms with Gasteiger partial charge in [0, 0.05) is 30.9 Å². The number of carbonyl (C=O) groups is 1. The molecule has 1 aromatic heterocycles. The molecule has 1 aromatic rings. The highest BCUT2D eigenvalue weighted by atomic mass is 16.5. The summed E-state index contributed by atoms with van der Waals surface area (Å²) < 4.78 is 5.54. The Labute approximate surface area is 124 Å². The van der Waals surface area contributed by atoms with E-state index in [4.69, 9.17) is 9.84 Å². The molecule has 1 N–H and O–H groups in total. The van der Waals surface area contributed by atoms with Crippen LogP contribution in [0.2, 0.25) is 0 Å². The van der Waals surface area contributed by atoms with E-state index >= 15 is 0 Å². The lowest BCUT2D eigenvalue weighted by Crippen LogP contribution is -2.50. The van der Waals surface area contributed by atoms with Gasteiger partial charge < -0.3 is 14.7 Å². The first-order chi connectivity index (χ1) is 10.1. The summed E-state index contributed by atoms with van der Waals surface area (Å²) in [7, 11) is 0. The molecule has 5 heteroatoms. The fraction of sp³-hybridized carbons (Fsp3) is 0.500. The van der Waals surface area contributed by atoms with Crippen molar-refractivity contribution in [3.05, 3.63) is 29.6 Å². The number of rotatable bonds is 2. The lowest BCUT2D eigenvalue weighted by Gasteiger charge is -2.36. The van der Waals surface area contributed by atoms with Gasteiger partial charge in [-0.15, -0.1) is 0 Å². The maximum Gasteiger partial charge on any atom is 0.255 e. The molecule has 1 aliphatic heterocycles. The third-order valence-corrected chi connectivity index (χ3v) is 3.32. The number of aliphatic hydroxyl groups excluding tert-OH is 1. The molecule has 1 saturated heterocycles. The summed E-state index contributed by atoms with van der Waals surface area (Å²) in [6, 6.07) is 1.80. The number of pyridine rings is 1. The van der Waals surface area contributed by atoms with E-state index in [0.717, 1.165) is 0 Å². The van der Waals surface area contributed by atoms with Crippen LogP contribution in [0.1, 0.15) is 36.2 Å². The van der Waals surface area contributed by atoms with Crippen molar-refractivity contribution < 1.29 is 14.6 Å². The molecule has 2 atom stereocenters. The van der Waals surface area contributed by atoms with Gasteiger partial charge in [0.15, 0.2) is 0 Å². The average Bonchev–Trinajstić information content (AvgIpc) is 2.49. The molecule has 1 amide bonds. The van der Waals surface area contributed by atoms with Gasteiger partial charge in [-0.3, -0.25) is 9.78 Å². The predicted molar refractivity (Wildman–Crippen MR) is 78.7 cm³/mol. The van der Waals surface area contributed by atoms with E-state index in [-0.39, 0.29) is 24.7 Å². The number of aliphatic hydroxyl groups is 1. The van der Waals surface area contributed by atoms with Crippen LogP contribution in [-0.4, -0.2) is 52.8 Å². The quantitative estimate of drug-likeness (QED) is 0.827. The summed E-state index contributed by atoms with van der Waals surface area (Å²) in [5.41, 5.74) is 1.22. The maximum atomic E-state index is 12.6. The molecule has 0 saturated carbocycles. The lowest BCUT2D eigenvalue weighted by atomic mass is 10.1. The topological polar surface area (TPSA) is 62.7 Å². The number of hydrogen-bond acceptors (Lipinski definition) is 4. The first-order valence-corrected chi connectivity index (χ1v) is 7.09. The van der Waals surface area contributed by atoms with Crippen LogP contribution >= 0.6 is 0 Å². The van der Waals surface area contributed by atoms with E-state index < -0.39 is 0 Å². The largest absolute Gasteiger partial charge is 0.395 e. The standard InChI is InChI=1S/C16H20N2O3/c1-12-11-21-13(2)10-18(12)16(20)15-7-14(8-17-9-15)5-3-4-6-19/h7-9,12-13,19H,4,6,10-11H2,1-2H3. The minimum atomic E-state index is -0.0454. The smallest absolute Gasteiger partial charge is 0.255 e. The van der Waals surface area contributed by atoms with Gasteiger partial charge in [-0.1, -0.05) is 11.8 Å². The molecule has 1 fully saturated rings. The maximum absolute atomic E-state index is 12.6. The predicted octanol–water partition coefficient (Wildman–Crippen LogP) is 1.06. The van der Waals surface area contributed by atoms with E-state index in [1.165, 1.54) is 0 Å². The molecule has 21 heavy (non-hydrogen) atoms. The van der Waals surface area contributed by atoms with Crippen LogP contribution in [0.5, 0.6) is 0 Å². The summed E-state index contributed by atoms with van der Waals surface area (Å²) in [5.74, 6) is 5.68. The Hall–Kier alpha value is -1.90. The second-order valence-electron chi connectivity index (χ2n) is 5.19. The third kappa shape index (κ3) is 4.03. The summed E-state index contributed by atoms with van der Waals surface area (Å²) in [6.07, 6.45) is 3.64. The fourth-order valence-electron chi connectivity index (χ4n) is 2.20. The molecule has 2 heterocycles. The minimum Gasteiger partial charge on any atom is -0.395 e. The van der Waals surface area contributed by atoms with Gasteiger partial charge in [0.2, 0.25) is 0 Å². The third-order valence-electron chi connectivity index (χ3n) is 3.32. The number of morpholine rings is 1. The van der Waals surface area contributed by atoms with Crippen molar-refractivity contribution in [2.45, 2.75) is 32.4 Å². The van der Waals surface area contributed by atoms with Crippen molar-refractivity contribution >= 4 is 5.91 Å². The first kappa shape index (κ1) is 15.5. The molecule has 1 aliphatic rings. The van der Waals surface area contributed by atoms with Gasteiger partial charge in [0.25, 0.3) is 5.91 Å². The van der Waals surface area contributed by atoms with Crippen LogP contribution in [-0.2, 0) is 4.74 Å². The van der Waals surface area contributed by atoms with Crippen LogP contribution in [0.4, 0.5) is 0 Å². The zero-order chi connectivity index (χ0) is 15.2. The number of ether oxygens (including phenoxy) is 1. The molecule has 0 spiro atoms. The number of nitrogens with zero attached hydrogens (tertiary/aromatic N) is 2. The first-order valence-electron chi connectivity index (χ1n) is 7.09. The van der Waals surface area contributed by atoms with Crippen LogP contribution in [0.3, 0.4) is 0 Å². The molecule has 0 aromatic carbocycles. The van der Waals surface area contributed by atoms with Gasteiger partial charge in [-0.25, -0.2) is 0 Å². The molecule has 2 rings (SSSR count). The number of aromatic nitrogens is 1. The lowest BCUT2D eigenvalue weighted by molar-refractivity contribution is -0.0387. The molecule has 0 bridgehead atoms. The Balaban J connectivity index is 2.15. The van der Waals surface area contributed by atoms with E-state index in [9.17, 15) is 4.79 Å². The number of amides is 1. The fourth-order valence-corrected chi connectivity index (χ4v) is 2.20. The van der Waals surface area contributed by atoms with Gasteiger partial charge in [0.1, 0.15) is 0 Å². The molecule has 2 unspecified atom stereocenters. The average molecular weight is 288 g/mol. The normalized spacial score (nSPS) is 21.6. The Kier molecular flexibility index (Phi) is 5.32. The Morgan fingerprint density at radius 3 is 3.10 bits per heavy atom. The van der Waals surface area contributed by atoms with Gasteiger partial charge >= 0.3 is 0 Å². The molecule has 5 nitrogen and oxygen atoms in total. The summed E-state index contributed by atoms with van der Waals surface area (Å²) in [5, 5.41) is 8.72. The monoisotopic (exact) mass is 288 g/mol. The molecule has 0 radical (unpaired) electrons. The van der Waals surface area contributed by atoms with Crippen molar-refractivity contribution in [2.24, 2.45) is 0 Å². The van der Waals surface area contributed by atoms with Crippen molar-refractivity contribution in [2.75, 3.05) is 19.8 Å². The van der Waals surface area contributed by atoms with Gasteiger partial charge in [-0.2, -0.15) is 0 Å². The molecular formula is C16H20N2O3. The minimum absolute atomic E-state index is 0.0300. The van der Waals surface area contributed by atoms with E-state index in [0.29, 0.717) is 30.7 Å². The van der Waals surface area contributed by atoms with E-state index in [1.54, 1.807) is 18.5 Å². The Morgan fingerprint density at radius 1 is 1.52 bits per heavy atom. The highest BCUT2D eigenvalue weighted by Gasteiger charge is 2.28. The van der Waals surface area contributed by atoms with Crippen molar-refractivity contribution in [3.8, 4) is 11.8 Å². The van der Waals surface area contributed by atoms with Crippen molar-refractivity contribution in [1.82, 2.24) is 9.88 Å². The highest BCUT2D eigenvalue weighted by molar-refractivity contribution is 5.94. The van der Waals surface area contributed by atoms with Gasteiger partial charge in [0.05, 0.1) is 30.9 Å². The Bertz CT molecular complexity index is 562. The number of hydrogen-bond donors (Lipinski definition) is 1. The van der Waals surface area contributed by atoms with Crippen LogP contribution < -0.4 is 0 Å². The van der Waals surface area contributed by atoms with Crippen LogP contribution in [0.15, 0.2) is 18.5 Å². The molecule has 112 valence electrons. The second-order valence-corrected chi connectivity index (χ2v) is 5.19. The van der Waals surface area contributed by atoms with Crippen LogP contribution in [0, 0.1) is 11.8 Å². The Morgan fingerprint density at radius 2 is 2.33 bits per heavy atom. The highest BCUT2D eigenvalue weighted by Crippen LogP contribution is 2.15. The van der Waals surface area contributed by atoms with Crippen LogP contribution in [0.25, 0.3) is 0 Å².